The van der Waals surface area contributed by atoms with E-state index in [0.717, 1.165) is 32.8 Å². The van der Waals surface area contributed by atoms with Crippen LogP contribution >= 0.6 is 0 Å². The molecule has 92 valence electrons. The molecular weight excluding hydrogens is 190 g/mol. The van der Waals surface area contributed by atoms with Crippen LogP contribution in [0.15, 0.2) is 0 Å². The number of nitrogens with one attached hydrogen (secondary N) is 1. The van der Waals surface area contributed by atoms with Crippen LogP contribution < -0.4 is 5.32 Å². The number of methoxy groups -OCH3 is 1. The molecule has 0 rings (SSSR count). The summed E-state index contributed by atoms with van der Waals surface area (Å²) >= 11 is 0. The normalized spacial score (nSPS) is 13.4. The van der Waals surface area contributed by atoms with E-state index in [1.54, 1.807) is 7.11 Å². The lowest BCUT2D eigenvalue weighted by Crippen LogP contribution is -2.39. The highest BCUT2D eigenvalue weighted by Crippen LogP contribution is 2.01. The van der Waals surface area contributed by atoms with Gasteiger partial charge in [0.05, 0.1) is 13.2 Å². The highest BCUT2D eigenvalue weighted by atomic mass is 16.5. The van der Waals surface area contributed by atoms with Crippen LogP contribution in [0.2, 0.25) is 0 Å². The van der Waals surface area contributed by atoms with Gasteiger partial charge in [-0.25, -0.2) is 0 Å². The minimum Gasteiger partial charge on any atom is -0.383 e. The maximum absolute atomic E-state index is 5.48. The molecule has 0 aliphatic carbocycles. The molecule has 0 radical (unpaired) electrons. The molecule has 0 aromatic rings. The van der Waals surface area contributed by atoms with Gasteiger partial charge in [0.25, 0.3) is 0 Å². The predicted molar refractivity (Wildman–Crippen MR) is 64.2 cm³/mol. The number of ether oxygens (including phenoxy) is 2. The Kier molecular flexibility index (Phi) is 10.3. The molecule has 0 saturated heterocycles. The third kappa shape index (κ3) is 8.85. The Bertz CT molecular complexity index is 129. The second-order valence-electron chi connectivity index (χ2n) is 4.23. The first-order chi connectivity index (χ1) is 7.22. The lowest BCUT2D eigenvalue weighted by atomic mass is 10.1. The van der Waals surface area contributed by atoms with Crippen molar-refractivity contribution in [1.29, 1.82) is 0 Å². The van der Waals surface area contributed by atoms with E-state index in [2.05, 4.69) is 26.1 Å². The molecule has 0 bridgehead atoms. The van der Waals surface area contributed by atoms with Crippen molar-refractivity contribution < 1.29 is 9.47 Å². The highest BCUT2D eigenvalue weighted by molar-refractivity contribution is 4.69. The van der Waals surface area contributed by atoms with Crippen molar-refractivity contribution in [3.05, 3.63) is 0 Å². The topological polar surface area (TPSA) is 30.5 Å². The largest absolute Gasteiger partial charge is 0.383 e. The van der Waals surface area contributed by atoms with Gasteiger partial charge in [-0.05, 0) is 12.3 Å². The molecule has 0 fully saturated rings. The van der Waals surface area contributed by atoms with Crippen LogP contribution in [0, 0.1) is 5.92 Å². The minimum absolute atomic E-state index is 0.435. The van der Waals surface area contributed by atoms with Crippen molar-refractivity contribution in [2.24, 2.45) is 5.92 Å². The summed E-state index contributed by atoms with van der Waals surface area (Å²) in [5.74, 6) is 0.598. The van der Waals surface area contributed by atoms with E-state index in [0.29, 0.717) is 12.0 Å². The quantitative estimate of drug-likeness (QED) is 0.568. The molecule has 0 aliphatic heterocycles. The lowest BCUT2D eigenvalue weighted by molar-refractivity contribution is 0.114. The van der Waals surface area contributed by atoms with Crippen molar-refractivity contribution in [3.8, 4) is 0 Å². The first-order valence-corrected chi connectivity index (χ1v) is 6.02. The molecule has 1 unspecified atom stereocenters. The molecular formula is C12H27NO2. The first kappa shape index (κ1) is 14.9. The van der Waals surface area contributed by atoms with E-state index < -0.39 is 0 Å². The molecule has 3 nitrogen and oxygen atoms in total. The Balaban J connectivity index is 3.37. The Labute approximate surface area is 94.5 Å². The van der Waals surface area contributed by atoms with Crippen LogP contribution in [-0.4, -0.2) is 39.5 Å². The Morgan fingerprint density at radius 2 is 1.93 bits per heavy atom. The second-order valence-corrected chi connectivity index (χ2v) is 4.23. The summed E-state index contributed by atoms with van der Waals surface area (Å²) in [5, 5.41) is 3.45. The molecule has 3 heteroatoms. The van der Waals surface area contributed by atoms with Gasteiger partial charge < -0.3 is 14.8 Å². The van der Waals surface area contributed by atoms with Gasteiger partial charge in [-0.2, -0.15) is 0 Å². The van der Waals surface area contributed by atoms with Gasteiger partial charge in [0.1, 0.15) is 0 Å². The summed E-state index contributed by atoms with van der Waals surface area (Å²) in [4.78, 5) is 0. The SMILES string of the molecule is CCCCOCCNC(COC)C(C)C. The van der Waals surface area contributed by atoms with E-state index in [1.165, 1.54) is 6.42 Å². The smallest absolute Gasteiger partial charge is 0.0618 e. The molecule has 0 saturated carbocycles. The van der Waals surface area contributed by atoms with Crippen LogP contribution in [0.25, 0.3) is 0 Å². The summed E-state index contributed by atoms with van der Waals surface area (Å²) in [6, 6.07) is 0.435. The molecule has 0 aromatic carbocycles. The van der Waals surface area contributed by atoms with Gasteiger partial charge in [-0.1, -0.05) is 27.2 Å². The fourth-order valence-corrected chi connectivity index (χ4v) is 1.33. The number of unbranched alkanes of at least 4 members (excludes halogenated alkanes) is 1. The van der Waals surface area contributed by atoms with Crippen molar-refractivity contribution in [2.45, 2.75) is 39.7 Å². The maximum Gasteiger partial charge on any atom is 0.0618 e. The molecule has 0 aromatic heterocycles. The lowest BCUT2D eigenvalue weighted by Gasteiger charge is -2.21. The Morgan fingerprint density at radius 3 is 2.47 bits per heavy atom. The summed E-state index contributed by atoms with van der Waals surface area (Å²) in [6.07, 6.45) is 2.36. The summed E-state index contributed by atoms with van der Waals surface area (Å²) < 4.78 is 10.6. The zero-order valence-electron chi connectivity index (χ0n) is 10.7. The van der Waals surface area contributed by atoms with Gasteiger partial charge in [-0.3, -0.25) is 0 Å². The van der Waals surface area contributed by atoms with Crippen molar-refractivity contribution in [3.63, 3.8) is 0 Å². The van der Waals surface area contributed by atoms with Crippen LogP contribution in [0.3, 0.4) is 0 Å². The predicted octanol–water partition coefficient (Wildman–Crippen LogP) is 2.06. The fourth-order valence-electron chi connectivity index (χ4n) is 1.33. The molecule has 1 N–H and O–H groups in total. The molecule has 1 atom stereocenters. The van der Waals surface area contributed by atoms with E-state index >= 15 is 0 Å². The third-order valence-electron chi connectivity index (χ3n) is 2.45. The van der Waals surface area contributed by atoms with Gasteiger partial charge in [-0.15, -0.1) is 0 Å². The van der Waals surface area contributed by atoms with Crippen LogP contribution in [0.1, 0.15) is 33.6 Å². The van der Waals surface area contributed by atoms with Gasteiger partial charge in [0, 0.05) is 26.3 Å². The van der Waals surface area contributed by atoms with E-state index in [9.17, 15) is 0 Å². The van der Waals surface area contributed by atoms with Gasteiger partial charge >= 0.3 is 0 Å². The molecule has 0 heterocycles. The highest BCUT2D eigenvalue weighted by Gasteiger charge is 2.11. The Hall–Kier alpha value is -0.120. The van der Waals surface area contributed by atoms with Gasteiger partial charge in [0.15, 0.2) is 0 Å². The first-order valence-electron chi connectivity index (χ1n) is 6.02. The maximum atomic E-state index is 5.48. The summed E-state index contributed by atoms with van der Waals surface area (Å²) in [7, 11) is 1.74. The minimum atomic E-state index is 0.435. The van der Waals surface area contributed by atoms with Crippen LogP contribution in [0.4, 0.5) is 0 Å². The third-order valence-corrected chi connectivity index (χ3v) is 2.45. The van der Waals surface area contributed by atoms with E-state index in [-0.39, 0.29) is 0 Å². The van der Waals surface area contributed by atoms with Crippen LogP contribution in [-0.2, 0) is 9.47 Å². The summed E-state index contributed by atoms with van der Waals surface area (Å²) in [6.45, 7) is 9.95. The zero-order chi connectivity index (χ0) is 11.5. The molecule has 15 heavy (non-hydrogen) atoms. The van der Waals surface area contributed by atoms with Crippen molar-refractivity contribution in [2.75, 3.05) is 33.5 Å². The molecule has 0 amide bonds. The monoisotopic (exact) mass is 217 g/mol. The average molecular weight is 217 g/mol. The zero-order valence-corrected chi connectivity index (χ0v) is 10.7. The van der Waals surface area contributed by atoms with E-state index in [4.69, 9.17) is 9.47 Å². The van der Waals surface area contributed by atoms with Gasteiger partial charge in [0.2, 0.25) is 0 Å². The Morgan fingerprint density at radius 1 is 1.20 bits per heavy atom. The molecule has 0 aliphatic rings. The summed E-state index contributed by atoms with van der Waals surface area (Å²) in [5.41, 5.74) is 0. The van der Waals surface area contributed by atoms with Crippen molar-refractivity contribution >= 4 is 0 Å². The number of hydrogen-bond donors (Lipinski definition) is 1. The molecule has 0 spiro atoms. The fraction of sp³-hybridized carbons (Fsp3) is 1.00. The van der Waals surface area contributed by atoms with Crippen molar-refractivity contribution in [1.82, 2.24) is 5.32 Å². The standard InChI is InChI=1S/C12H27NO2/c1-5-6-8-15-9-7-13-12(10-14-4)11(2)3/h11-13H,5-10H2,1-4H3. The number of rotatable bonds is 10. The van der Waals surface area contributed by atoms with E-state index in [1.807, 2.05) is 0 Å². The number of hydrogen-bond acceptors (Lipinski definition) is 3. The second kappa shape index (κ2) is 10.4. The van der Waals surface area contributed by atoms with Crippen LogP contribution in [0.5, 0.6) is 0 Å². The average Bonchev–Trinajstić information content (AvgIpc) is 2.21.